The summed E-state index contributed by atoms with van der Waals surface area (Å²) in [5.74, 6) is 0.265. The molecule has 0 atom stereocenters. The van der Waals surface area contributed by atoms with Gasteiger partial charge in [0.1, 0.15) is 11.6 Å². The minimum atomic E-state index is -0.381. The van der Waals surface area contributed by atoms with E-state index in [1.54, 1.807) is 25.1 Å². The van der Waals surface area contributed by atoms with Gasteiger partial charge in [0.25, 0.3) is 5.56 Å². The van der Waals surface area contributed by atoms with E-state index in [2.05, 4.69) is 5.10 Å². The monoisotopic (exact) mass is 306 g/mol. The van der Waals surface area contributed by atoms with Crippen LogP contribution in [0.5, 0.6) is 5.75 Å². The van der Waals surface area contributed by atoms with Crippen molar-refractivity contribution >= 4 is 17.4 Å². The zero-order chi connectivity index (χ0) is 15.6. The number of halogens is 1. The van der Waals surface area contributed by atoms with Crippen molar-refractivity contribution in [3.8, 4) is 17.0 Å². The van der Waals surface area contributed by atoms with Crippen LogP contribution >= 0.6 is 11.6 Å². The van der Waals surface area contributed by atoms with E-state index in [1.165, 1.54) is 17.9 Å². The molecule has 3 N–H and O–H groups in total. The average Bonchev–Trinajstić information content (AvgIpc) is 2.47. The van der Waals surface area contributed by atoms with Gasteiger partial charge in [-0.15, -0.1) is 0 Å². The Morgan fingerprint density at radius 3 is 2.71 bits per heavy atom. The lowest BCUT2D eigenvalue weighted by molar-refractivity contribution is 0.415. The number of benzene rings is 1. The number of amidine groups is 1. The maximum atomic E-state index is 12.0. The molecule has 0 aliphatic carbocycles. The third-order valence-electron chi connectivity index (χ3n) is 3.01. The van der Waals surface area contributed by atoms with Gasteiger partial charge < -0.3 is 10.5 Å². The van der Waals surface area contributed by atoms with Crippen LogP contribution in [0.3, 0.4) is 0 Å². The molecule has 0 aliphatic rings. The molecule has 0 aliphatic heterocycles. The Bertz CT molecular complexity index is 755. The number of hydrogen-bond donors (Lipinski definition) is 2. The minimum absolute atomic E-state index is 0.119. The quantitative estimate of drug-likeness (QED) is 0.666. The van der Waals surface area contributed by atoms with Crippen LogP contribution in [0.2, 0.25) is 5.02 Å². The Morgan fingerprint density at radius 1 is 1.48 bits per heavy atom. The molecule has 0 radical (unpaired) electrons. The molecule has 7 heteroatoms. The number of aryl methyl sites for hydroxylation is 1. The molecule has 0 saturated carbocycles. The Kier molecular flexibility index (Phi) is 4.28. The van der Waals surface area contributed by atoms with Crippen molar-refractivity contribution in [2.24, 2.45) is 5.73 Å². The van der Waals surface area contributed by atoms with E-state index in [1.807, 2.05) is 0 Å². The third-order valence-corrected chi connectivity index (χ3v) is 3.31. The van der Waals surface area contributed by atoms with Crippen LogP contribution in [0.15, 0.2) is 29.1 Å². The highest BCUT2D eigenvalue weighted by molar-refractivity contribution is 6.32. The zero-order valence-corrected chi connectivity index (χ0v) is 12.4. The molecule has 0 saturated heterocycles. The van der Waals surface area contributed by atoms with Gasteiger partial charge in [-0.1, -0.05) is 11.6 Å². The van der Waals surface area contributed by atoms with Gasteiger partial charge in [0, 0.05) is 12.1 Å². The van der Waals surface area contributed by atoms with Crippen LogP contribution in [-0.4, -0.2) is 22.7 Å². The first-order valence-corrected chi connectivity index (χ1v) is 6.66. The summed E-state index contributed by atoms with van der Waals surface area (Å²) in [5.41, 5.74) is 6.43. The van der Waals surface area contributed by atoms with Gasteiger partial charge in [0.15, 0.2) is 0 Å². The fraction of sp³-hybridized carbons (Fsp3) is 0.214. The number of nitrogens with one attached hydrogen (secondary N) is 1. The molecule has 0 spiro atoms. The van der Waals surface area contributed by atoms with Crippen molar-refractivity contribution in [2.45, 2.75) is 13.5 Å². The molecule has 1 aromatic carbocycles. The first-order valence-electron chi connectivity index (χ1n) is 6.28. The third kappa shape index (κ3) is 2.90. The average molecular weight is 307 g/mol. The van der Waals surface area contributed by atoms with Crippen molar-refractivity contribution < 1.29 is 4.74 Å². The maximum Gasteiger partial charge on any atom is 0.277 e. The second-order valence-electron chi connectivity index (χ2n) is 4.33. The Morgan fingerprint density at radius 2 is 2.19 bits per heavy atom. The fourth-order valence-corrected chi connectivity index (χ4v) is 2.17. The highest BCUT2D eigenvalue weighted by atomic mass is 35.5. The highest BCUT2D eigenvalue weighted by Gasteiger charge is 2.12. The van der Waals surface area contributed by atoms with E-state index in [9.17, 15) is 4.79 Å². The SMILES string of the molecule is CCn1nc(-c2ccc(OC)c(Cl)c2)cc(C(=N)N)c1=O. The first-order chi connectivity index (χ1) is 9.97. The van der Waals surface area contributed by atoms with Gasteiger partial charge in [-0.25, -0.2) is 4.68 Å². The highest BCUT2D eigenvalue weighted by Crippen LogP contribution is 2.29. The van der Waals surface area contributed by atoms with E-state index in [4.69, 9.17) is 27.5 Å². The Hall–Kier alpha value is -2.34. The lowest BCUT2D eigenvalue weighted by Crippen LogP contribution is -2.31. The second-order valence-corrected chi connectivity index (χ2v) is 4.73. The van der Waals surface area contributed by atoms with Gasteiger partial charge in [0.05, 0.1) is 23.4 Å². The number of nitrogens with zero attached hydrogens (tertiary/aromatic N) is 2. The van der Waals surface area contributed by atoms with Crippen LogP contribution in [0.1, 0.15) is 12.5 Å². The Balaban J connectivity index is 2.64. The van der Waals surface area contributed by atoms with E-state index < -0.39 is 0 Å². The topological polar surface area (TPSA) is 94.0 Å². The number of ether oxygens (including phenoxy) is 1. The van der Waals surface area contributed by atoms with Gasteiger partial charge in [0.2, 0.25) is 0 Å². The zero-order valence-electron chi connectivity index (χ0n) is 11.7. The van der Waals surface area contributed by atoms with Crippen LogP contribution < -0.4 is 16.0 Å². The summed E-state index contributed by atoms with van der Waals surface area (Å²) in [6, 6.07) is 6.68. The number of methoxy groups -OCH3 is 1. The normalized spacial score (nSPS) is 10.4. The number of nitrogen functional groups attached to an aromatic ring is 1. The molecule has 2 aromatic rings. The standard InChI is InChI=1S/C14H15ClN4O2/c1-3-19-14(20)9(13(16)17)7-11(18-19)8-4-5-12(21-2)10(15)6-8/h4-7H,3H2,1-2H3,(H3,16,17). The largest absolute Gasteiger partial charge is 0.495 e. The number of aromatic nitrogens is 2. The van der Waals surface area contributed by atoms with Crippen molar-refractivity contribution in [2.75, 3.05) is 7.11 Å². The summed E-state index contributed by atoms with van der Waals surface area (Å²) in [6.45, 7) is 2.18. The number of nitrogens with two attached hydrogens (primary N) is 1. The van der Waals surface area contributed by atoms with Crippen molar-refractivity contribution in [1.29, 1.82) is 5.41 Å². The van der Waals surface area contributed by atoms with E-state index in [0.717, 1.165) is 0 Å². The second kappa shape index (κ2) is 5.97. The molecule has 1 aromatic heterocycles. The molecule has 6 nitrogen and oxygen atoms in total. The van der Waals surface area contributed by atoms with Crippen LogP contribution in [-0.2, 0) is 6.54 Å². The van der Waals surface area contributed by atoms with E-state index >= 15 is 0 Å². The minimum Gasteiger partial charge on any atom is -0.495 e. The Labute approximate surface area is 126 Å². The summed E-state index contributed by atoms with van der Waals surface area (Å²) in [5, 5.41) is 12.2. The number of hydrogen-bond acceptors (Lipinski definition) is 4. The van der Waals surface area contributed by atoms with Crippen LogP contribution in [0.25, 0.3) is 11.3 Å². The summed E-state index contributed by atoms with van der Waals surface area (Å²) < 4.78 is 6.37. The molecule has 0 unspecified atom stereocenters. The van der Waals surface area contributed by atoms with Gasteiger partial charge in [-0.2, -0.15) is 5.10 Å². The molecular formula is C14H15ClN4O2. The molecule has 2 rings (SSSR count). The molecule has 21 heavy (non-hydrogen) atoms. The van der Waals surface area contributed by atoms with Crippen molar-refractivity contribution in [3.63, 3.8) is 0 Å². The lowest BCUT2D eigenvalue weighted by atomic mass is 10.1. The summed E-state index contributed by atoms with van der Waals surface area (Å²) in [6.07, 6.45) is 0. The van der Waals surface area contributed by atoms with E-state index in [0.29, 0.717) is 28.6 Å². The summed E-state index contributed by atoms with van der Waals surface area (Å²) in [4.78, 5) is 12.0. The molecule has 0 amide bonds. The first kappa shape index (κ1) is 15.1. The van der Waals surface area contributed by atoms with Crippen LogP contribution in [0, 0.1) is 5.41 Å². The predicted octanol–water partition coefficient (Wildman–Crippen LogP) is 1.88. The fourth-order valence-electron chi connectivity index (χ4n) is 1.92. The molecule has 110 valence electrons. The molecule has 1 heterocycles. The lowest BCUT2D eigenvalue weighted by Gasteiger charge is -2.10. The predicted molar refractivity (Wildman–Crippen MR) is 82.2 cm³/mol. The van der Waals surface area contributed by atoms with Crippen molar-refractivity contribution in [1.82, 2.24) is 9.78 Å². The molecular weight excluding hydrogens is 292 g/mol. The smallest absolute Gasteiger partial charge is 0.277 e. The summed E-state index contributed by atoms with van der Waals surface area (Å²) >= 11 is 6.10. The van der Waals surface area contributed by atoms with Crippen LogP contribution in [0.4, 0.5) is 0 Å². The van der Waals surface area contributed by atoms with Gasteiger partial charge >= 0.3 is 0 Å². The van der Waals surface area contributed by atoms with E-state index in [-0.39, 0.29) is 17.0 Å². The van der Waals surface area contributed by atoms with Gasteiger partial charge in [-0.05, 0) is 31.2 Å². The van der Waals surface area contributed by atoms with Crippen molar-refractivity contribution in [3.05, 3.63) is 45.2 Å². The maximum absolute atomic E-state index is 12.0. The van der Waals surface area contributed by atoms with Gasteiger partial charge in [-0.3, -0.25) is 10.2 Å². The number of rotatable bonds is 4. The molecule has 0 fully saturated rings. The summed E-state index contributed by atoms with van der Waals surface area (Å²) in [7, 11) is 1.53. The molecule has 0 bridgehead atoms.